The van der Waals surface area contributed by atoms with Gasteiger partial charge in [-0.05, 0) is 24.3 Å². The van der Waals surface area contributed by atoms with Crippen LogP contribution in [0, 0.1) is 5.82 Å². The van der Waals surface area contributed by atoms with E-state index in [-0.39, 0.29) is 17.9 Å². The van der Waals surface area contributed by atoms with Gasteiger partial charge in [-0.25, -0.2) is 4.39 Å². The Morgan fingerprint density at radius 1 is 1.29 bits per heavy atom. The molecule has 1 aliphatic rings. The molecule has 3 N–H and O–H groups in total. The van der Waals surface area contributed by atoms with Crippen molar-refractivity contribution in [1.29, 1.82) is 0 Å². The Morgan fingerprint density at radius 3 is 2.57 bits per heavy atom. The van der Waals surface area contributed by atoms with E-state index in [1.54, 1.807) is 12.1 Å². The van der Waals surface area contributed by atoms with Crippen molar-refractivity contribution in [3.63, 3.8) is 0 Å². The van der Waals surface area contributed by atoms with E-state index in [0.717, 1.165) is 5.69 Å². The van der Waals surface area contributed by atoms with E-state index in [1.165, 1.54) is 12.1 Å². The standard InChI is InChI=1S/C10H13FN2O/c11-7-1-3-8(4-2-7)13-10-6-14-5-9(10)12/h1-4,9-10,13H,5-6,12H2/t9-,10+/m1/s1. The van der Waals surface area contributed by atoms with Gasteiger partial charge in [0.05, 0.1) is 25.3 Å². The fraction of sp³-hybridized carbons (Fsp3) is 0.400. The van der Waals surface area contributed by atoms with Gasteiger partial charge in [0.2, 0.25) is 0 Å². The minimum atomic E-state index is -0.234. The Bertz CT molecular complexity index is 301. The summed E-state index contributed by atoms with van der Waals surface area (Å²) in [5.41, 5.74) is 6.67. The summed E-state index contributed by atoms with van der Waals surface area (Å²) in [6.45, 7) is 1.19. The highest BCUT2D eigenvalue weighted by atomic mass is 19.1. The van der Waals surface area contributed by atoms with E-state index in [0.29, 0.717) is 13.2 Å². The lowest BCUT2D eigenvalue weighted by Gasteiger charge is -2.16. The minimum Gasteiger partial charge on any atom is -0.378 e. The van der Waals surface area contributed by atoms with Crippen molar-refractivity contribution in [2.45, 2.75) is 12.1 Å². The third-order valence-electron chi connectivity index (χ3n) is 2.32. The summed E-state index contributed by atoms with van der Waals surface area (Å²) < 4.78 is 17.8. The quantitative estimate of drug-likeness (QED) is 0.740. The molecule has 4 heteroatoms. The molecule has 0 bridgehead atoms. The van der Waals surface area contributed by atoms with E-state index in [2.05, 4.69) is 5.32 Å². The highest BCUT2D eigenvalue weighted by Crippen LogP contribution is 2.13. The highest BCUT2D eigenvalue weighted by Gasteiger charge is 2.24. The topological polar surface area (TPSA) is 47.3 Å². The molecule has 2 rings (SSSR count). The maximum absolute atomic E-state index is 12.6. The average molecular weight is 196 g/mol. The smallest absolute Gasteiger partial charge is 0.123 e. The van der Waals surface area contributed by atoms with Crippen molar-refractivity contribution >= 4 is 5.69 Å². The molecule has 1 saturated heterocycles. The molecule has 1 aliphatic heterocycles. The Morgan fingerprint density at radius 2 is 2.00 bits per heavy atom. The van der Waals surface area contributed by atoms with Crippen LogP contribution in [0.1, 0.15) is 0 Å². The second kappa shape index (κ2) is 3.94. The number of nitrogens with one attached hydrogen (secondary N) is 1. The van der Waals surface area contributed by atoms with Gasteiger partial charge < -0.3 is 15.8 Å². The zero-order chi connectivity index (χ0) is 9.97. The van der Waals surface area contributed by atoms with Gasteiger partial charge in [0, 0.05) is 5.69 Å². The van der Waals surface area contributed by atoms with Crippen LogP contribution in [0.3, 0.4) is 0 Å². The van der Waals surface area contributed by atoms with Gasteiger partial charge in [0.15, 0.2) is 0 Å². The lowest BCUT2D eigenvalue weighted by atomic mass is 10.2. The van der Waals surface area contributed by atoms with Crippen molar-refractivity contribution in [3.8, 4) is 0 Å². The molecule has 0 saturated carbocycles. The molecule has 76 valence electrons. The number of anilines is 1. The van der Waals surface area contributed by atoms with Crippen LogP contribution in [-0.2, 0) is 4.74 Å². The van der Waals surface area contributed by atoms with Crippen molar-refractivity contribution in [1.82, 2.24) is 0 Å². The van der Waals surface area contributed by atoms with E-state index < -0.39 is 0 Å². The maximum Gasteiger partial charge on any atom is 0.123 e. The first-order valence-electron chi connectivity index (χ1n) is 4.61. The van der Waals surface area contributed by atoms with E-state index >= 15 is 0 Å². The summed E-state index contributed by atoms with van der Waals surface area (Å²) in [4.78, 5) is 0. The summed E-state index contributed by atoms with van der Waals surface area (Å²) >= 11 is 0. The highest BCUT2D eigenvalue weighted by molar-refractivity contribution is 5.44. The van der Waals surface area contributed by atoms with Crippen molar-refractivity contribution in [2.75, 3.05) is 18.5 Å². The molecule has 0 radical (unpaired) electrons. The van der Waals surface area contributed by atoms with Crippen LogP contribution >= 0.6 is 0 Å². The Kier molecular flexibility index (Phi) is 2.65. The lowest BCUT2D eigenvalue weighted by Crippen LogP contribution is -2.38. The molecule has 1 aromatic carbocycles. The van der Waals surface area contributed by atoms with E-state index in [1.807, 2.05) is 0 Å². The Labute approximate surface area is 82.1 Å². The fourth-order valence-corrected chi connectivity index (χ4v) is 1.48. The molecule has 0 spiro atoms. The fourth-order valence-electron chi connectivity index (χ4n) is 1.48. The summed E-state index contributed by atoms with van der Waals surface area (Å²) in [5.74, 6) is -0.234. The summed E-state index contributed by atoms with van der Waals surface area (Å²) in [6.07, 6.45) is 0. The van der Waals surface area contributed by atoms with Crippen molar-refractivity contribution < 1.29 is 9.13 Å². The van der Waals surface area contributed by atoms with E-state index in [4.69, 9.17) is 10.5 Å². The van der Waals surface area contributed by atoms with Crippen LogP contribution in [0.4, 0.5) is 10.1 Å². The normalized spacial score (nSPS) is 26.4. The van der Waals surface area contributed by atoms with Gasteiger partial charge in [0.1, 0.15) is 5.82 Å². The van der Waals surface area contributed by atoms with Gasteiger partial charge >= 0.3 is 0 Å². The molecule has 1 aromatic rings. The van der Waals surface area contributed by atoms with Crippen LogP contribution in [0.2, 0.25) is 0 Å². The second-order valence-corrected chi connectivity index (χ2v) is 3.46. The predicted molar refractivity (Wildman–Crippen MR) is 52.6 cm³/mol. The molecule has 0 aliphatic carbocycles. The number of ether oxygens (including phenoxy) is 1. The number of hydrogen-bond acceptors (Lipinski definition) is 3. The van der Waals surface area contributed by atoms with Gasteiger partial charge in [-0.2, -0.15) is 0 Å². The molecular formula is C10H13FN2O. The van der Waals surface area contributed by atoms with Crippen LogP contribution in [0.15, 0.2) is 24.3 Å². The Hall–Kier alpha value is -1.13. The molecule has 14 heavy (non-hydrogen) atoms. The first-order chi connectivity index (χ1) is 6.75. The molecule has 1 fully saturated rings. The number of hydrogen-bond donors (Lipinski definition) is 2. The molecule has 0 amide bonds. The summed E-state index contributed by atoms with van der Waals surface area (Å²) in [5, 5.41) is 3.20. The van der Waals surface area contributed by atoms with Crippen molar-refractivity contribution in [2.24, 2.45) is 5.73 Å². The van der Waals surface area contributed by atoms with Crippen LogP contribution < -0.4 is 11.1 Å². The van der Waals surface area contributed by atoms with Gasteiger partial charge in [-0.15, -0.1) is 0 Å². The molecule has 3 nitrogen and oxygen atoms in total. The summed E-state index contributed by atoms with van der Waals surface area (Å²) in [7, 11) is 0. The Balaban J connectivity index is 2.00. The molecule has 2 atom stereocenters. The minimum absolute atomic E-state index is 0.0139. The van der Waals surface area contributed by atoms with Gasteiger partial charge in [0.25, 0.3) is 0 Å². The largest absolute Gasteiger partial charge is 0.378 e. The van der Waals surface area contributed by atoms with Crippen LogP contribution in [0.5, 0.6) is 0 Å². The van der Waals surface area contributed by atoms with Crippen molar-refractivity contribution in [3.05, 3.63) is 30.1 Å². The zero-order valence-electron chi connectivity index (χ0n) is 7.74. The SMILES string of the molecule is N[C@@H]1COC[C@@H]1Nc1ccc(F)cc1. The first kappa shape index (κ1) is 9.43. The molecule has 0 aromatic heterocycles. The van der Waals surface area contributed by atoms with Crippen LogP contribution in [-0.4, -0.2) is 25.3 Å². The summed E-state index contributed by atoms with van der Waals surface area (Å²) in [6, 6.07) is 6.37. The lowest BCUT2D eigenvalue weighted by molar-refractivity contribution is 0.192. The monoisotopic (exact) mass is 196 g/mol. The third-order valence-corrected chi connectivity index (χ3v) is 2.32. The maximum atomic E-state index is 12.6. The first-order valence-corrected chi connectivity index (χ1v) is 4.61. The van der Waals surface area contributed by atoms with Gasteiger partial charge in [-0.1, -0.05) is 0 Å². The number of halogens is 1. The number of benzene rings is 1. The molecule has 0 unspecified atom stereocenters. The third kappa shape index (κ3) is 2.02. The van der Waals surface area contributed by atoms with Gasteiger partial charge in [-0.3, -0.25) is 0 Å². The zero-order valence-corrected chi connectivity index (χ0v) is 7.74. The molecule has 1 heterocycles. The molecular weight excluding hydrogens is 183 g/mol. The second-order valence-electron chi connectivity index (χ2n) is 3.46. The predicted octanol–water partition coefficient (Wildman–Crippen LogP) is 0.964. The van der Waals surface area contributed by atoms with Crippen LogP contribution in [0.25, 0.3) is 0 Å². The number of rotatable bonds is 2. The number of nitrogens with two attached hydrogens (primary N) is 1. The average Bonchev–Trinajstić information content (AvgIpc) is 2.56. The van der Waals surface area contributed by atoms with E-state index in [9.17, 15) is 4.39 Å².